The third kappa shape index (κ3) is 5.05. The topological polar surface area (TPSA) is 104 Å². The zero-order valence-corrected chi connectivity index (χ0v) is 22.1. The summed E-state index contributed by atoms with van der Waals surface area (Å²) in [7, 11) is 1.53. The van der Waals surface area contributed by atoms with Crippen LogP contribution >= 0.6 is 0 Å². The van der Waals surface area contributed by atoms with Crippen LogP contribution in [0.2, 0.25) is 0 Å². The maximum atomic E-state index is 13.5. The molecule has 0 aromatic heterocycles. The maximum Gasteiger partial charge on any atom is 0.335 e. The molecule has 1 saturated heterocycles. The Kier molecular flexibility index (Phi) is 7.14. The lowest BCUT2D eigenvalue weighted by atomic mass is 9.84. The number of aliphatic hydroxyl groups is 1. The normalized spacial score (nSPS) is 17.1. The summed E-state index contributed by atoms with van der Waals surface area (Å²) in [6, 6.07) is 18.1. The maximum absolute atomic E-state index is 13.5. The Morgan fingerprint density at radius 2 is 1.66 bits per heavy atom. The number of ether oxygens (including phenoxy) is 1. The standard InChI is InChI=1S/C31H31NO6/c1-18-9-14-22(31(2,3)4)16-24(18)27(33)25-26(21-7-6-8-23(15-21)38-5)32(29(35)28(25)34)17-19-10-12-20(13-11-19)30(36)37/h6-16,26,33H,17H2,1-5H3,(H,36,37)/b27-25+. The van der Waals surface area contributed by atoms with E-state index >= 15 is 0 Å². The molecule has 1 unspecified atom stereocenters. The van der Waals surface area contributed by atoms with Gasteiger partial charge in [0.25, 0.3) is 11.7 Å². The second-order valence-electron chi connectivity index (χ2n) is 10.5. The number of likely N-dealkylation sites (tertiary alicyclic amines) is 1. The monoisotopic (exact) mass is 513 g/mol. The Balaban J connectivity index is 1.89. The van der Waals surface area contributed by atoms with Gasteiger partial charge in [-0.3, -0.25) is 9.59 Å². The van der Waals surface area contributed by atoms with Gasteiger partial charge in [0.15, 0.2) is 0 Å². The van der Waals surface area contributed by atoms with Gasteiger partial charge in [-0.2, -0.15) is 0 Å². The van der Waals surface area contributed by atoms with Gasteiger partial charge in [0.2, 0.25) is 0 Å². The summed E-state index contributed by atoms with van der Waals surface area (Å²) in [6.45, 7) is 8.08. The zero-order chi connectivity index (χ0) is 27.8. The van der Waals surface area contributed by atoms with Crippen molar-refractivity contribution >= 4 is 23.4 Å². The van der Waals surface area contributed by atoms with E-state index in [0.717, 1.165) is 11.1 Å². The van der Waals surface area contributed by atoms with Crippen molar-refractivity contribution < 1.29 is 29.3 Å². The minimum Gasteiger partial charge on any atom is -0.507 e. The van der Waals surface area contributed by atoms with Crippen molar-refractivity contribution in [2.45, 2.75) is 45.7 Å². The van der Waals surface area contributed by atoms with Crippen LogP contribution in [0, 0.1) is 6.92 Å². The van der Waals surface area contributed by atoms with Crippen molar-refractivity contribution in [2.75, 3.05) is 7.11 Å². The highest BCUT2D eigenvalue weighted by molar-refractivity contribution is 6.46. The number of methoxy groups -OCH3 is 1. The summed E-state index contributed by atoms with van der Waals surface area (Å²) in [5, 5.41) is 20.8. The van der Waals surface area contributed by atoms with Crippen LogP contribution in [0.15, 0.2) is 72.3 Å². The predicted octanol–water partition coefficient (Wildman–Crippen LogP) is 5.62. The minimum absolute atomic E-state index is 0.000400. The third-order valence-electron chi connectivity index (χ3n) is 6.86. The van der Waals surface area contributed by atoms with Crippen LogP contribution in [-0.2, 0) is 21.5 Å². The Labute approximate surface area is 222 Å². The molecule has 0 saturated carbocycles. The summed E-state index contributed by atoms with van der Waals surface area (Å²) in [6.07, 6.45) is 0. The van der Waals surface area contributed by atoms with Crippen LogP contribution in [0.3, 0.4) is 0 Å². The molecule has 1 amide bonds. The molecular weight excluding hydrogens is 482 g/mol. The number of nitrogens with zero attached hydrogens (tertiary/aromatic N) is 1. The molecule has 0 aliphatic carbocycles. The van der Waals surface area contributed by atoms with Gasteiger partial charge >= 0.3 is 5.97 Å². The molecule has 1 aliphatic rings. The lowest BCUT2D eigenvalue weighted by molar-refractivity contribution is -0.140. The van der Waals surface area contributed by atoms with E-state index < -0.39 is 23.7 Å². The molecule has 1 fully saturated rings. The van der Waals surface area contributed by atoms with E-state index in [1.807, 2.05) is 25.1 Å². The van der Waals surface area contributed by atoms with Gasteiger partial charge in [0.05, 0.1) is 24.3 Å². The van der Waals surface area contributed by atoms with E-state index in [-0.39, 0.29) is 28.9 Å². The number of hydrogen-bond donors (Lipinski definition) is 2. The number of Topliss-reactive ketones (excluding diaryl/α,β-unsaturated/α-hetero) is 1. The van der Waals surface area contributed by atoms with E-state index in [1.165, 1.54) is 24.1 Å². The third-order valence-corrected chi connectivity index (χ3v) is 6.86. The number of ketones is 1. The van der Waals surface area contributed by atoms with E-state index in [2.05, 4.69) is 20.8 Å². The molecule has 0 radical (unpaired) electrons. The number of aliphatic hydroxyl groups excluding tert-OH is 1. The highest BCUT2D eigenvalue weighted by Crippen LogP contribution is 2.42. The fourth-order valence-electron chi connectivity index (χ4n) is 4.64. The molecule has 0 bridgehead atoms. The number of carboxylic acid groups (broad SMARTS) is 1. The summed E-state index contributed by atoms with van der Waals surface area (Å²) in [5.74, 6) is -2.26. The van der Waals surface area contributed by atoms with Gasteiger partial charge in [0.1, 0.15) is 11.5 Å². The van der Waals surface area contributed by atoms with Crippen molar-refractivity contribution in [3.05, 3.63) is 106 Å². The Hall–Kier alpha value is -4.39. The fourth-order valence-corrected chi connectivity index (χ4v) is 4.64. The molecule has 1 aliphatic heterocycles. The molecular formula is C31H31NO6. The number of hydrogen-bond acceptors (Lipinski definition) is 5. The molecule has 1 heterocycles. The van der Waals surface area contributed by atoms with E-state index in [9.17, 15) is 24.6 Å². The molecule has 3 aromatic carbocycles. The van der Waals surface area contributed by atoms with Crippen molar-refractivity contribution in [1.82, 2.24) is 4.90 Å². The average molecular weight is 514 g/mol. The van der Waals surface area contributed by atoms with Gasteiger partial charge < -0.3 is 19.8 Å². The number of benzene rings is 3. The Bertz CT molecular complexity index is 1450. The number of carboxylic acids is 1. The quantitative estimate of drug-likeness (QED) is 0.252. The number of carbonyl (C=O) groups excluding carboxylic acids is 2. The number of carbonyl (C=O) groups is 3. The van der Waals surface area contributed by atoms with Gasteiger partial charge in [-0.25, -0.2) is 4.79 Å². The smallest absolute Gasteiger partial charge is 0.335 e. The summed E-state index contributed by atoms with van der Waals surface area (Å²) in [4.78, 5) is 39.5. The second kappa shape index (κ2) is 10.2. The van der Waals surface area contributed by atoms with Crippen molar-refractivity contribution in [3.8, 4) is 5.75 Å². The first-order valence-corrected chi connectivity index (χ1v) is 12.3. The van der Waals surface area contributed by atoms with Crippen molar-refractivity contribution in [3.63, 3.8) is 0 Å². The number of aromatic carboxylic acids is 1. The Morgan fingerprint density at radius 3 is 2.26 bits per heavy atom. The van der Waals surface area contributed by atoms with Crippen LogP contribution < -0.4 is 4.74 Å². The molecule has 2 N–H and O–H groups in total. The number of rotatable bonds is 6. The number of aryl methyl sites for hydroxylation is 1. The van der Waals surface area contributed by atoms with Crippen LogP contribution in [-0.4, -0.2) is 39.9 Å². The minimum atomic E-state index is -1.05. The lowest BCUT2D eigenvalue weighted by Crippen LogP contribution is -2.29. The summed E-state index contributed by atoms with van der Waals surface area (Å²) >= 11 is 0. The number of amides is 1. The first-order chi connectivity index (χ1) is 17.9. The molecule has 196 valence electrons. The molecule has 0 spiro atoms. The average Bonchev–Trinajstić information content (AvgIpc) is 3.13. The second-order valence-corrected chi connectivity index (χ2v) is 10.5. The van der Waals surface area contributed by atoms with Gasteiger partial charge in [-0.1, -0.05) is 57.2 Å². The van der Waals surface area contributed by atoms with E-state index in [0.29, 0.717) is 22.4 Å². The predicted molar refractivity (Wildman–Crippen MR) is 144 cm³/mol. The molecule has 1 atom stereocenters. The molecule has 7 nitrogen and oxygen atoms in total. The molecule has 4 rings (SSSR count). The molecule has 38 heavy (non-hydrogen) atoms. The van der Waals surface area contributed by atoms with E-state index in [1.54, 1.807) is 36.4 Å². The van der Waals surface area contributed by atoms with Crippen LogP contribution in [0.25, 0.3) is 5.76 Å². The largest absolute Gasteiger partial charge is 0.507 e. The van der Waals surface area contributed by atoms with Crippen molar-refractivity contribution in [2.24, 2.45) is 0 Å². The lowest BCUT2D eigenvalue weighted by Gasteiger charge is -2.26. The highest BCUT2D eigenvalue weighted by Gasteiger charge is 2.46. The van der Waals surface area contributed by atoms with E-state index in [4.69, 9.17) is 4.74 Å². The van der Waals surface area contributed by atoms with Crippen LogP contribution in [0.4, 0.5) is 0 Å². The summed E-state index contributed by atoms with van der Waals surface area (Å²) < 4.78 is 5.39. The van der Waals surface area contributed by atoms with Crippen LogP contribution in [0.1, 0.15) is 65.0 Å². The first-order valence-electron chi connectivity index (χ1n) is 12.3. The molecule has 7 heteroatoms. The van der Waals surface area contributed by atoms with Crippen LogP contribution in [0.5, 0.6) is 5.75 Å². The fraction of sp³-hybridized carbons (Fsp3) is 0.258. The molecule has 3 aromatic rings. The zero-order valence-electron chi connectivity index (χ0n) is 22.1. The highest BCUT2D eigenvalue weighted by atomic mass is 16.5. The first kappa shape index (κ1) is 26.7. The van der Waals surface area contributed by atoms with Crippen molar-refractivity contribution in [1.29, 1.82) is 0 Å². The van der Waals surface area contributed by atoms with Gasteiger partial charge in [-0.05, 0) is 64.9 Å². The van der Waals surface area contributed by atoms with Gasteiger partial charge in [-0.15, -0.1) is 0 Å². The van der Waals surface area contributed by atoms with Gasteiger partial charge in [0, 0.05) is 12.1 Å². The summed E-state index contributed by atoms with van der Waals surface area (Å²) in [5.41, 5.74) is 3.43. The Morgan fingerprint density at radius 1 is 0.974 bits per heavy atom. The SMILES string of the molecule is COc1cccc(C2/C(=C(\O)c3cc(C(C)(C)C)ccc3C)C(=O)C(=O)N2Cc2ccc(C(=O)O)cc2)c1.